The molecule has 1 spiro atoms. The third-order valence-corrected chi connectivity index (χ3v) is 5.50. The van der Waals surface area contributed by atoms with E-state index in [1.807, 2.05) is 35.2 Å². The fourth-order valence-corrected chi connectivity index (χ4v) is 3.66. The van der Waals surface area contributed by atoms with E-state index in [0.29, 0.717) is 18.3 Å². The van der Waals surface area contributed by atoms with Crippen LogP contribution in [0.3, 0.4) is 0 Å². The van der Waals surface area contributed by atoms with Crippen molar-refractivity contribution in [2.45, 2.75) is 31.0 Å². The second kappa shape index (κ2) is 10.6. The highest BCUT2D eigenvalue weighted by Gasteiger charge is 2.48. The summed E-state index contributed by atoms with van der Waals surface area (Å²) in [5, 5.41) is 10.4. The Morgan fingerprint density at radius 1 is 1.15 bits per heavy atom. The Hall–Kier alpha value is -3.21. The Kier molecular flexibility index (Phi) is 7.85. The van der Waals surface area contributed by atoms with Crippen LogP contribution < -0.4 is 5.32 Å². The molecule has 1 atom stereocenters. The van der Waals surface area contributed by atoms with Crippen LogP contribution in [0.4, 0.5) is 19.1 Å². The van der Waals surface area contributed by atoms with Crippen LogP contribution in [0.2, 0.25) is 0 Å². The maximum atomic E-state index is 12.4. The molecule has 0 aliphatic carbocycles. The number of carbonyl (C=O) groups excluding carboxylic acids is 1. The molecule has 2 fully saturated rings. The Morgan fingerprint density at radius 3 is 2.33 bits per heavy atom. The average Bonchev–Trinajstić information content (AvgIpc) is 2.77. The number of carboxylic acid groups (broad SMARTS) is 1. The van der Waals surface area contributed by atoms with E-state index in [4.69, 9.17) is 14.6 Å². The van der Waals surface area contributed by atoms with Gasteiger partial charge in [-0.3, -0.25) is 4.79 Å². The number of halogens is 3. The van der Waals surface area contributed by atoms with Gasteiger partial charge in [0.2, 0.25) is 11.9 Å². The summed E-state index contributed by atoms with van der Waals surface area (Å²) in [7, 11) is 0. The number of anilines is 1. The van der Waals surface area contributed by atoms with Gasteiger partial charge in [0, 0.05) is 18.9 Å². The van der Waals surface area contributed by atoms with Crippen molar-refractivity contribution in [2.24, 2.45) is 5.92 Å². The predicted octanol–water partition coefficient (Wildman–Crippen LogP) is 2.77. The molecule has 2 N–H and O–H groups in total. The van der Waals surface area contributed by atoms with E-state index in [-0.39, 0.29) is 11.5 Å². The van der Waals surface area contributed by atoms with Crippen molar-refractivity contribution in [3.05, 3.63) is 54.4 Å². The first kappa shape index (κ1) is 24.4. The van der Waals surface area contributed by atoms with Crippen molar-refractivity contribution < 1.29 is 32.6 Å². The molecule has 0 radical (unpaired) electrons. The molecule has 0 saturated carbocycles. The van der Waals surface area contributed by atoms with Gasteiger partial charge < -0.3 is 20.1 Å². The number of carboxylic acids is 1. The number of aromatic nitrogens is 2. The van der Waals surface area contributed by atoms with E-state index in [1.54, 1.807) is 18.5 Å². The van der Waals surface area contributed by atoms with Gasteiger partial charge in [-0.2, -0.15) is 13.2 Å². The van der Waals surface area contributed by atoms with Gasteiger partial charge >= 0.3 is 12.1 Å². The van der Waals surface area contributed by atoms with Crippen molar-refractivity contribution in [2.75, 3.05) is 31.6 Å². The van der Waals surface area contributed by atoms with Crippen LogP contribution in [-0.2, 0) is 20.7 Å². The fraction of sp³-hybridized carbons (Fsp3) is 0.455. The van der Waals surface area contributed by atoms with E-state index in [1.165, 1.54) is 0 Å². The summed E-state index contributed by atoms with van der Waals surface area (Å²) in [5.41, 5.74) is 0.948. The summed E-state index contributed by atoms with van der Waals surface area (Å²) in [6.45, 7) is 2.98. The second-order valence-electron chi connectivity index (χ2n) is 8.07. The minimum Gasteiger partial charge on any atom is -0.475 e. The lowest BCUT2D eigenvalue weighted by atomic mass is 9.82. The summed E-state index contributed by atoms with van der Waals surface area (Å²) in [6, 6.07) is 11.7. The lowest BCUT2D eigenvalue weighted by Gasteiger charge is -2.52. The molecule has 1 aromatic carbocycles. The molecule has 33 heavy (non-hydrogen) atoms. The van der Waals surface area contributed by atoms with Crippen LogP contribution in [0.5, 0.6) is 0 Å². The molecule has 1 unspecified atom stereocenters. The molecule has 2 aromatic rings. The summed E-state index contributed by atoms with van der Waals surface area (Å²) < 4.78 is 37.9. The molecule has 1 amide bonds. The topological polar surface area (TPSA) is 105 Å². The normalized spacial score (nSPS) is 19.1. The molecule has 0 bridgehead atoms. The molecule has 3 heterocycles. The zero-order valence-electron chi connectivity index (χ0n) is 17.8. The number of hydrogen-bond acceptors (Lipinski definition) is 6. The monoisotopic (exact) mass is 466 g/mol. The highest BCUT2D eigenvalue weighted by atomic mass is 19.4. The predicted molar refractivity (Wildman–Crippen MR) is 112 cm³/mol. The standard InChI is InChI=1S/C20H24N4O2.C2HF3O2/c25-18(11-16-5-2-1-3-6-16)24-14-20(15-24)8-7-17(13-26-20)12-23-19-21-9-4-10-22-19;3-2(4,5)1(6)7/h1-6,9-10,17H,7-8,11-15H2,(H,21,22,23);(H,6,7). The maximum Gasteiger partial charge on any atom is 0.490 e. The number of aliphatic carboxylic acids is 1. The van der Waals surface area contributed by atoms with Crippen LogP contribution in [0.15, 0.2) is 48.8 Å². The summed E-state index contributed by atoms with van der Waals surface area (Å²) in [4.78, 5) is 31.6. The molecule has 178 valence electrons. The van der Waals surface area contributed by atoms with Crippen LogP contribution in [0.25, 0.3) is 0 Å². The zero-order chi connectivity index (χ0) is 23.9. The van der Waals surface area contributed by atoms with Gasteiger partial charge in [-0.15, -0.1) is 0 Å². The summed E-state index contributed by atoms with van der Waals surface area (Å²) in [6.07, 6.45) is 0.958. The minimum atomic E-state index is -5.08. The highest BCUT2D eigenvalue weighted by Crippen LogP contribution is 2.36. The van der Waals surface area contributed by atoms with Crippen molar-refractivity contribution in [1.29, 1.82) is 0 Å². The number of likely N-dealkylation sites (tertiary alicyclic amines) is 1. The number of rotatable bonds is 5. The number of nitrogens with one attached hydrogen (secondary N) is 1. The van der Waals surface area contributed by atoms with Crippen LogP contribution in [0, 0.1) is 5.92 Å². The molecule has 4 rings (SSSR count). The SMILES string of the molecule is O=C(Cc1ccccc1)N1CC2(CCC(CNc3ncccn3)CO2)C1.O=C(O)C(F)(F)F. The second-order valence-corrected chi connectivity index (χ2v) is 8.07. The Morgan fingerprint density at radius 2 is 1.79 bits per heavy atom. The van der Waals surface area contributed by atoms with E-state index in [9.17, 15) is 18.0 Å². The lowest BCUT2D eigenvalue weighted by molar-refractivity contribution is -0.192. The Labute approximate surface area is 188 Å². The van der Waals surface area contributed by atoms with Gasteiger partial charge in [0.15, 0.2) is 0 Å². The van der Waals surface area contributed by atoms with E-state index >= 15 is 0 Å². The molecule has 1 aromatic heterocycles. The molecule has 11 heteroatoms. The van der Waals surface area contributed by atoms with Gasteiger partial charge in [-0.05, 0) is 30.4 Å². The number of alkyl halides is 3. The van der Waals surface area contributed by atoms with E-state index in [0.717, 1.165) is 44.6 Å². The first-order chi connectivity index (χ1) is 15.7. The number of carbonyl (C=O) groups is 2. The van der Waals surface area contributed by atoms with Gasteiger partial charge in [-0.1, -0.05) is 30.3 Å². The van der Waals surface area contributed by atoms with E-state index in [2.05, 4.69) is 15.3 Å². The number of amides is 1. The van der Waals surface area contributed by atoms with Gasteiger partial charge in [0.25, 0.3) is 0 Å². The van der Waals surface area contributed by atoms with Crippen LogP contribution in [0.1, 0.15) is 18.4 Å². The quantitative estimate of drug-likeness (QED) is 0.698. The molecule has 2 aliphatic rings. The summed E-state index contributed by atoms with van der Waals surface area (Å²) >= 11 is 0. The van der Waals surface area contributed by atoms with Gasteiger partial charge in [0.1, 0.15) is 5.60 Å². The Balaban J connectivity index is 0.000000383. The van der Waals surface area contributed by atoms with Gasteiger partial charge in [-0.25, -0.2) is 14.8 Å². The molecular weight excluding hydrogens is 441 g/mol. The first-order valence-electron chi connectivity index (χ1n) is 10.4. The maximum absolute atomic E-state index is 12.4. The Bertz CT molecular complexity index is 912. The van der Waals surface area contributed by atoms with E-state index < -0.39 is 12.1 Å². The number of hydrogen-bond donors (Lipinski definition) is 2. The molecule has 8 nitrogen and oxygen atoms in total. The summed E-state index contributed by atoms with van der Waals surface area (Å²) in [5.74, 6) is -1.45. The van der Waals surface area contributed by atoms with Crippen molar-refractivity contribution in [1.82, 2.24) is 14.9 Å². The number of nitrogens with zero attached hydrogens (tertiary/aromatic N) is 3. The first-order valence-corrected chi connectivity index (χ1v) is 10.4. The van der Waals surface area contributed by atoms with Crippen molar-refractivity contribution >= 4 is 17.8 Å². The fourth-order valence-electron chi connectivity index (χ4n) is 3.66. The molecular formula is C22H25F3N4O4. The third kappa shape index (κ3) is 7.14. The van der Waals surface area contributed by atoms with Crippen molar-refractivity contribution in [3.8, 4) is 0 Å². The number of ether oxygens (including phenoxy) is 1. The largest absolute Gasteiger partial charge is 0.490 e. The smallest absolute Gasteiger partial charge is 0.475 e. The lowest BCUT2D eigenvalue weighted by Crippen LogP contribution is -2.66. The highest BCUT2D eigenvalue weighted by molar-refractivity contribution is 5.80. The average molecular weight is 466 g/mol. The van der Waals surface area contributed by atoms with Gasteiger partial charge in [0.05, 0.1) is 26.1 Å². The van der Waals surface area contributed by atoms with Crippen LogP contribution in [-0.4, -0.2) is 69.9 Å². The van der Waals surface area contributed by atoms with Crippen LogP contribution >= 0.6 is 0 Å². The molecule has 2 saturated heterocycles. The molecule has 2 aliphatic heterocycles. The zero-order valence-corrected chi connectivity index (χ0v) is 17.8. The minimum absolute atomic E-state index is 0.119. The number of benzene rings is 1. The van der Waals surface area contributed by atoms with Crippen molar-refractivity contribution in [3.63, 3.8) is 0 Å². The third-order valence-electron chi connectivity index (χ3n) is 5.50.